The van der Waals surface area contributed by atoms with Crippen LogP contribution >= 0.6 is 0 Å². The summed E-state index contributed by atoms with van der Waals surface area (Å²) in [6.07, 6.45) is 3.45. The van der Waals surface area contributed by atoms with Crippen molar-refractivity contribution >= 4 is 5.96 Å². The Bertz CT molecular complexity index is 301. The van der Waals surface area contributed by atoms with E-state index in [2.05, 4.69) is 15.2 Å². The number of ether oxygens (including phenoxy) is 2. The summed E-state index contributed by atoms with van der Waals surface area (Å²) in [6.45, 7) is 8.58. The zero-order valence-electron chi connectivity index (χ0n) is 12.3. The molecule has 2 rings (SSSR count). The Hall–Kier alpha value is -0.810. The first-order valence-electron chi connectivity index (χ1n) is 7.41. The Morgan fingerprint density at radius 1 is 1.47 bits per heavy atom. The number of aliphatic imine (C=N–C) groups is 1. The SMILES string of the molecule is CCOCCCNC(=NC)N1CCC2(CCOC2)C1. The fourth-order valence-corrected chi connectivity index (χ4v) is 2.94. The van der Waals surface area contributed by atoms with Crippen LogP contribution in [0, 0.1) is 5.41 Å². The van der Waals surface area contributed by atoms with Gasteiger partial charge >= 0.3 is 0 Å². The number of hydrogen-bond donors (Lipinski definition) is 1. The van der Waals surface area contributed by atoms with Crippen molar-refractivity contribution in [1.82, 2.24) is 10.2 Å². The van der Waals surface area contributed by atoms with E-state index in [9.17, 15) is 0 Å². The van der Waals surface area contributed by atoms with Crippen LogP contribution in [0.5, 0.6) is 0 Å². The summed E-state index contributed by atoms with van der Waals surface area (Å²) in [6, 6.07) is 0. The average molecular weight is 269 g/mol. The molecule has 1 unspecified atom stereocenters. The molecule has 1 N–H and O–H groups in total. The van der Waals surface area contributed by atoms with Gasteiger partial charge in [0, 0.05) is 51.9 Å². The monoisotopic (exact) mass is 269 g/mol. The molecule has 0 saturated carbocycles. The first-order valence-corrected chi connectivity index (χ1v) is 7.41. The predicted molar refractivity (Wildman–Crippen MR) is 76.5 cm³/mol. The van der Waals surface area contributed by atoms with Gasteiger partial charge in [-0.3, -0.25) is 4.99 Å². The topological polar surface area (TPSA) is 46.1 Å². The molecule has 2 heterocycles. The molecule has 5 nitrogen and oxygen atoms in total. The molecule has 0 amide bonds. The van der Waals surface area contributed by atoms with Gasteiger partial charge in [0.2, 0.25) is 0 Å². The Balaban J connectivity index is 1.73. The van der Waals surface area contributed by atoms with Gasteiger partial charge in [-0.1, -0.05) is 0 Å². The molecule has 1 atom stereocenters. The van der Waals surface area contributed by atoms with E-state index in [0.717, 1.165) is 58.4 Å². The van der Waals surface area contributed by atoms with Crippen LogP contribution in [0.15, 0.2) is 4.99 Å². The second-order valence-electron chi connectivity index (χ2n) is 5.50. The molecular weight excluding hydrogens is 242 g/mol. The maximum Gasteiger partial charge on any atom is 0.193 e. The standard InChI is InChI=1S/C14H27N3O2/c1-3-18-9-4-7-16-13(15-2)17-8-5-14(11-17)6-10-19-12-14/h3-12H2,1-2H3,(H,15,16). The van der Waals surface area contributed by atoms with Crippen molar-refractivity contribution < 1.29 is 9.47 Å². The Morgan fingerprint density at radius 3 is 3.05 bits per heavy atom. The van der Waals surface area contributed by atoms with E-state index in [0.29, 0.717) is 5.41 Å². The molecule has 0 radical (unpaired) electrons. The van der Waals surface area contributed by atoms with E-state index in [1.165, 1.54) is 12.8 Å². The fraction of sp³-hybridized carbons (Fsp3) is 0.929. The van der Waals surface area contributed by atoms with Crippen molar-refractivity contribution in [2.24, 2.45) is 10.4 Å². The summed E-state index contributed by atoms with van der Waals surface area (Å²) in [4.78, 5) is 6.76. The van der Waals surface area contributed by atoms with Gasteiger partial charge in [-0.25, -0.2) is 0 Å². The highest BCUT2D eigenvalue weighted by Gasteiger charge is 2.42. The average Bonchev–Trinajstić information content (AvgIpc) is 3.05. The first kappa shape index (κ1) is 14.6. The summed E-state index contributed by atoms with van der Waals surface area (Å²) in [5, 5.41) is 3.43. The highest BCUT2D eigenvalue weighted by molar-refractivity contribution is 5.80. The quantitative estimate of drug-likeness (QED) is 0.461. The third-order valence-corrected chi connectivity index (χ3v) is 4.09. The molecule has 0 aromatic carbocycles. The lowest BCUT2D eigenvalue weighted by Crippen LogP contribution is -2.42. The van der Waals surface area contributed by atoms with Gasteiger partial charge in [-0.2, -0.15) is 0 Å². The number of rotatable bonds is 5. The van der Waals surface area contributed by atoms with Crippen molar-refractivity contribution in [1.29, 1.82) is 0 Å². The van der Waals surface area contributed by atoms with E-state index in [1.54, 1.807) is 0 Å². The lowest BCUT2D eigenvalue weighted by Gasteiger charge is -2.24. The van der Waals surface area contributed by atoms with Crippen molar-refractivity contribution in [3.63, 3.8) is 0 Å². The minimum absolute atomic E-state index is 0.392. The third-order valence-electron chi connectivity index (χ3n) is 4.09. The van der Waals surface area contributed by atoms with Gasteiger partial charge in [0.25, 0.3) is 0 Å². The van der Waals surface area contributed by atoms with Gasteiger partial charge in [0.05, 0.1) is 6.61 Å². The number of nitrogens with one attached hydrogen (secondary N) is 1. The third kappa shape index (κ3) is 3.83. The van der Waals surface area contributed by atoms with E-state index >= 15 is 0 Å². The molecule has 0 aromatic rings. The summed E-state index contributed by atoms with van der Waals surface area (Å²) in [7, 11) is 1.86. The summed E-state index contributed by atoms with van der Waals surface area (Å²) in [5.41, 5.74) is 0.392. The lowest BCUT2D eigenvalue weighted by molar-refractivity contribution is 0.145. The summed E-state index contributed by atoms with van der Waals surface area (Å²) < 4.78 is 10.9. The highest BCUT2D eigenvalue weighted by atomic mass is 16.5. The molecule has 1 spiro atoms. The van der Waals surface area contributed by atoms with Crippen LogP contribution < -0.4 is 5.32 Å². The largest absolute Gasteiger partial charge is 0.382 e. The van der Waals surface area contributed by atoms with Crippen LogP contribution in [0.4, 0.5) is 0 Å². The van der Waals surface area contributed by atoms with Crippen LogP contribution in [0.1, 0.15) is 26.2 Å². The molecule has 2 saturated heterocycles. The Kier molecular flexibility index (Phi) is 5.45. The van der Waals surface area contributed by atoms with Crippen LogP contribution in [-0.2, 0) is 9.47 Å². The molecular formula is C14H27N3O2. The zero-order valence-corrected chi connectivity index (χ0v) is 12.3. The normalized spacial score (nSPS) is 27.5. The van der Waals surface area contributed by atoms with Gasteiger partial charge < -0.3 is 19.7 Å². The van der Waals surface area contributed by atoms with Gasteiger partial charge in [-0.15, -0.1) is 0 Å². The van der Waals surface area contributed by atoms with Crippen LogP contribution in [0.3, 0.4) is 0 Å². The predicted octanol–water partition coefficient (Wildman–Crippen LogP) is 1.10. The van der Waals surface area contributed by atoms with Crippen molar-refractivity contribution in [2.75, 3.05) is 53.1 Å². The van der Waals surface area contributed by atoms with E-state index in [4.69, 9.17) is 9.47 Å². The minimum Gasteiger partial charge on any atom is -0.382 e. The number of nitrogens with zero attached hydrogens (tertiary/aromatic N) is 2. The first-order chi connectivity index (χ1) is 9.29. The van der Waals surface area contributed by atoms with E-state index in [-0.39, 0.29) is 0 Å². The lowest BCUT2D eigenvalue weighted by atomic mass is 9.87. The summed E-state index contributed by atoms with van der Waals surface area (Å²) in [5.74, 6) is 1.03. The fourth-order valence-electron chi connectivity index (χ4n) is 2.94. The molecule has 2 aliphatic heterocycles. The maximum absolute atomic E-state index is 5.57. The van der Waals surface area contributed by atoms with Crippen molar-refractivity contribution in [3.05, 3.63) is 0 Å². The molecule has 0 aliphatic carbocycles. The second kappa shape index (κ2) is 7.10. The van der Waals surface area contributed by atoms with Crippen molar-refractivity contribution in [2.45, 2.75) is 26.2 Å². The number of likely N-dealkylation sites (tertiary alicyclic amines) is 1. The highest BCUT2D eigenvalue weighted by Crippen LogP contribution is 2.38. The maximum atomic E-state index is 5.57. The summed E-state index contributed by atoms with van der Waals surface area (Å²) >= 11 is 0. The van der Waals surface area contributed by atoms with E-state index in [1.807, 2.05) is 14.0 Å². The molecule has 0 aromatic heterocycles. The smallest absolute Gasteiger partial charge is 0.193 e. The van der Waals surface area contributed by atoms with Crippen LogP contribution in [0.25, 0.3) is 0 Å². The van der Waals surface area contributed by atoms with Gasteiger partial charge in [0.15, 0.2) is 5.96 Å². The van der Waals surface area contributed by atoms with Crippen molar-refractivity contribution in [3.8, 4) is 0 Å². The Morgan fingerprint density at radius 2 is 2.37 bits per heavy atom. The molecule has 5 heteroatoms. The second-order valence-corrected chi connectivity index (χ2v) is 5.50. The molecule has 19 heavy (non-hydrogen) atoms. The number of hydrogen-bond acceptors (Lipinski definition) is 3. The molecule has 0 bridgehead atoms. The molecule has 110 valence electrons. The Labute approximate surface area is 116 Å². The molecule has 2 aliphatic rings. The van der Waals surface area contributed by atoms with Crippen LogP contribution in [-0.4, -0.2) is 64.0 Å². The van der Waals surface area contributed by atoms with Crippen LogP contribution in [0.2, 0.25) is 0 Å². The van der Waals surface area contributed by atoms with Gasteiger partial charge in [0.1, 0.15) is 0 Å². The molecule has 2 fully saturated rings. The zero-order chi connectivity index (χ0) is 13.6. The van der Waals surface area contributed by atoms with Gasteiger partial charge in [-0.05, 0) is 26.2 Å². The minimum atomic E-state index is 0.392. The van der Waals surface area contributed by atoms with E-state index < -0.39 is 0 Å². The number of guanidine groups is 1.